The van der Waals surface area contributed by atoms with Crippen molar-refractivity contribution in [1.82, 2.24) is 5.43 Å². The molecule has 0 saturated carbocycles. The zero-order valence-corrected chi connectivity index (χ0v) is 17.2. The molecule has 2 aromatic carbocycles. The maximum Gasteiger partial charge on any atom is 0.338 e. The Morgan fingerprint density at radius 3 is 2.45 bits per heavy atom. The summed E-state index contributed by atoms with van der Waals surface area (Å²) in [5.74, 6) is -1.31. The van der Waals surface area contributed by atoms with E-state index in [-0.39, 0.29) is 6.61 Å². The number of carbonyl (C=O) groups excluding carboxylic acids is 3. The van der Waals surface area contributed by atoms with Gasteiger partial charge in [0.05, 0.1) is 25.5 Å². The molecule has 0 aromatic heterocycles. The first-order valence-corrected chi connectivity index (χ1v) is 9.31. The number of amides is 2. The summed E-state index contributed by atoms with van der Waals surface area (Å²) >= 11 is 0. The van der Waals surface area contributed by atoms with E-state index in [1.54, 1.807) is 31.2 Å². The van der Waals surface area contributed by atoms with Gasteiger partial charge in [0, 0.05) is 5.69 Å². The molecule has 2 aromatic rings. The van der Waals surface area contributed by atoms with Gasteiger partial charge in [0.1, 0.15) is 6.61 Å². The Morgan fingerprint density at radius 1 is 1.06 bits per heavy atom. The summed E-state index contributed by atoms with van der Waals surface area (Å²) in [7, 11) is 1.50. The molecule has 0 heterocycles. The molecule has 2 N–H and O–H groups in total. The van der Waals surface area contributed by atoms with Crippen molar-refractivity contribution in [1.29, 1.82) is 0 Å². The number of nitrogens with one attached hydrogen (secondary N) is 2. The smallest absolute Gasteiger partial charge is 0.338 e. The van der Waals surface area contributed by atoms with Crippen LogP contribution in [0.15, 0.2) is 60.2 Å². The highest BCUT2D eigenvalue weighted by molar-refractivity contribution is 6.39. The van der Waals surface area contributed by atoms with Crippen LogP contribution in [0.1, 0.15) is 22.8 Å². The second-order valence-corrected chi connectivity index (χ2v) is 5.96. The van der Waals surface area contributed by atoms with Gasteiger partial charge in [0.15, 0.2) is 11.5 Å². The third kappa shape index (κ3) is 7.00. The molecule has 0 radical (unpaired) electrons. The fourth-order valence-electron chi connectivity index (χ4n) is 2.34. The maximum atomic E-state index is 12.0. The van der Waals surface area contributed by atoms with Gasteiger partial charge < -0.3 is 19.5 Å². The molecular formula is C22H23N3O6. The van der Waals surface area contributed by atoms with Crippen molar-refractivity contribution in [3.63, 3.8) is 0 Å². The minimum Gasteiger partial charge on any atom is -0.493 e. The van der Waals surface area contributed by atoms with E-state index >= 15 is 0 Å². The number of hydrogen-bond donors (Lipinski definition) is 2. The highest BCUT2D eigenvalue weighted by atomic mass is 16.5. The zero-order chi connectivity index (χ0) is 22.6. The summed E-state index contributed by atoms with van der Waals surface area (Å²) in [6, 6.07) is 11.0. The van der Waals surface area contributed by atoms with Crippen LogP contribution >= 0.6 is 0 Å². The molecule has 162 valence electrons. The number of esters is 1. The van der Waals surface area contributed by atoms with E-state index in [9.17, 15) is 14.4 Å². The van der Waals surface area contributed by atoms with Gasteiger partial charge >= 0.3 is 17.8 Å². The lowest BCUT2D eigenvalue weighted by molar-refractivity contribution is -0.136. The lowest BCUT2D eigenvalue weighted by atomic mass is 10.2. The Morgan fingerprint density at radius 2 is 1.81 bits per heavy atom. The van der Waals surface area contributed by atoms with Crippen molar-refractivity contribution in [3.05, 3.63) is 66.2 Å². The third-order valence-electron chi connectivity index (χ3n) is 3.78. The van der Waals surface area contributed by atoms with Crippen LogP contribution in [0.2, 0.25) is 0 Å². The van der Waals surface area contributed by atoms with Gasteiger partial charge in [-0.3, -0.25) is 9.59 Å². The summed E-state index contributed by atoms with van der Waals surface area (Å²) in [5.41, 5.74) is 3.45. The van der Waals surface area contributed by atoms with Crippen LogP contribution in [0.5, 0.6) is 11.5 Å². The highest BCUT2D eigenvalue weighted by Crippen LogP contribution is 2.27. The van der Waals surface area contributed by atoms with Crippen LogP contribution in [0.25, 0.3) is 0 Å². The van der Waals surface area contributed by atoms with Crippen molar-refractivity contribution < 1.29 is 28.6 Å². The Labute approximate surface area is 179 Å². The highest BCUT2D eigenvalue weighted by Gasteiger charge is 2.13. The molecule has 0 spiro atoms. The predicted octanol–water partition coefficient (Wildman–Crippen LogP) is 2.53. The van der Waals surface area contributed by atoms with E-state index in [0.717, 1.165) is 0 Å². The van der Waals surface area contributed by atoms with Crippen LogP contribution in [0.3, 0.4) is 0 Å². The van der Waals surface area contributed by atoms with Gasteiger partial charge in [-0.2, -0.15) is 5.10 Å². The second kappa shape index (κ2) is 11.8. The molecule has 0 unspecified atom stereocenters. The Balaban J connectivity index is 1.91. The average molecular weight is 425 g/mol. The van der Waals surface area contributed by atoms with E-state index in [0.29, 0.717) is 34.9 Å². The molecular weight excluding hydrogens is 402 g/mol. The van der Waals surface area contributed by atoms with Gasteiger partial charge in [-0.05, 0) is 55.0 Å². The maximum absolute atomic E-state index is 12.0. The number of ether oxygens (including phenoxy) is 3. The molecule has 0 fully saturated rings. The normalized spacial score (nSPS) is 10.3. The molecule has 2 rings (SSSR count). The number of methoxy groups -OCH3 is 1. The minimum absolute atomic E-state index is 0.262. The molecule has 0 saturated heterocycles. The van der Waals surface area contributed by atoms with Crippen molar-refractivity contribution in [2.24, 2.45) is 5.10 Å². The zero-order valence-electron chi connectivity index (χ0n) is 17.2. The van der Waals surface area contributed by atoms with Crippen molar-refractivity contribution in [2.45, 2.75) is 6.92 Å². The van der Waals surface area contributed by atoms with Gasteiger partial charge in [-0.15, -0.1) is 0 Å². The topological polar surface area (TPSA) is 115 Å². The van der Waals surface area contributed by atoms with Crippen LogP contribution in [0.4, 0.5) is 5.69 Å². The number of benzene rings is 2. The fourth-order valence-corrected chi connectivity index (χ4v) is 2.34. The Kier molecular flexibility index (Phi) is 8.78. The summed E-state index contributed by atoms with van der Waals surface area (Å²) in [4.78, 5) is 35.5. The molecule has 0 aliphatic carbocycles. The number of nitrogens with zero attached hydrogens (tertiary/aromatic N) is 1. The molecule has 31 heavy (non-hydrogen) atoms. The Hall–Kier alpha value is -4.14. The number of hydrazone groups is 1. The molecule has 0 aliphatic heterocycles. The number of anilines is 1. The minimum atomic E-state index is -0.955. The fraction of sp³-hybridized carbons (Fsp3) is 0.182. The quantitative estimate of drug-likeness (QED) is 0.210. The first-order chi connectivity index (χ1) is 15.0. The molecule has 2 amide bonds. The monoisotopic (exact) mass is 425 g/mol. The largest absolute Gasteiger partial charge is 0.493 e. The van der Waals surface area contributed by atoms with Crippen molar-refractivity contribution in [3.8, 4) is 11.5 Å². The van der Waals surface area contributed by atoms with Gasteiger partial charge in [-0.1, -0.05) is 12.7 Å². The van der Waals surface area contributed by atoms with Crippen molar-refractivity contribution in [2.75, 3.05) is 25.6 Å². The van der Waals surface area contributed by atoms with Crippen molar-refractivity contribution >= 4 is 29.7 Å². The van der Waals surface area contributed by atoms with Crippen LogP contribution < -0.4 is 20.2 Å². The predicted molar refractivity (Wildman–Crippen MR) is 115 cm³/mol. The third-order valence-corrected chi connectivity index (χ3v) is 3.78. The summed E-state index contributed by atoms with van der Waals surface area (Å²) in [6.07, 6.45) is 2.98. The van der Waals surface area contributed by atoms with E-state index in [2.05, 4.69) is 22.4 Å². The molecule has 9 nitrogen and oxygen atoms in total. The van der Waals surface area contributed by atoms with Gasteiger partial charge in [0.25, 0.3) is 0 Å². The number of carbonyl (C=O) groups is 3. The lowest BCUT2D eigenvalue weighted by Gasteiger charge is -2.09. The summed E-state index contributed by atoms with van der Waals surface area (Å²) < 4.78 is 15.6. The second-order valence-electron chi connectivity index (χ2n) is 5.96. The van der Waals surface area contributed by atoms with Crippen LogP contribution in [-0.4, -0.2) is 44.3 Å². The SMILES string of the molecule is C=CCOc1ccc(/C=N\NC(=O)C(=O)Nc2ccc(C(=O)OCC)cc2)cc1OC. The van der Waals surface area contributed by atoms with Crippen LogP contribution in [0, 0.1) is 0 Å². The summed E-state index contributed by atoms with van der Waals surface area (Å²) in [6.45, 7) is 5.89. The van der Waals surface area contributed by atoms with Crippen LogP contribution in [-0.2, 0) is 14.3 Å². The van der Waals surface area contributed by atoms with E-state index < -0.39 is 17.8 Å². The Bertz CT molecular complexity index is 970. The molecule has 0 atom stereocenters. The first-order valence-electron chi connectivity index (χ1n) is 9.31. The molecule has 0 bridgehead atoms. The number of rotatable bonds is 9. The van der Waals surface area contributed by atoms with Gasteiger partial charge in [0.2, 0.25) is 0 Å². The molecule has 9 heteroatoms. The first kappa shape index (κ1) is 23.1. The standard InChI is InChI=1S/C22H23N3O6/c1-4-12-31-18-11-6-15(13-19(18)29-3)14-23-25-21(27)20(26)24-17-9-7-16(8-10-17)22(28)30-5-2/h4,6-11,13-14H,1,5,12H2,2-3H3,(H,24,26)(H,25,27)/b23-14-. The van der Waals surface area contributed by atoms with E-state index in [1.165, 1.54) is 37.6 Å². The molecule has 0 aliphatic rings. The average Bonchev–Trinajstić information content (AvgIpc) is 2.78. The van der Waals surface area contributed by atoms with Gasteiger partial charge in [-0.25, -0.2) is 10.2 Å². The van der Waals surface area contributed by atoms with E-state index in [1.807, 2.05) is 0 Å². The number of hydrogen-bond acceptors (Lipinski definition) is 7. The lowest BCUT2D eigenvalue weighted by Crippen LogP contribution is -2.32. The van der Waals surface area contributed by atoms with E-state index in [4.69, 9.17) is 14.2 Å². The summed E-state index contributed by atoms with van der Waals surface area (Å²) in [5, 5.41) is 6.18.